The number of hydrogen-bond acceptors (Lipinski definition) is 3. The van der Waals surface area contributed by atoms with Gasteiger partial charge < -0.3 is 9.52 Å². The van der Waals surface area contributed by atoms with Crippen molar-refractivity contribution >= 4 is 5.97 Å². The highest BCUT2D eigenvalue weighted by Crippen LogP contribution is 2.38. The van der Waals surface area contributed by atoms with Crippen molar-refractivity contribution in [2.75, 3.05) is 6.54 Å². The predicted octanol–water partition coefficient (Wildman–Crippen LogP) is 2.27. The number of carboxylic acids is 1. The van der Waals surface area contributed by atoms with E-state index < -0.39 is 5.97 Å². The van der Waals surface area contributed by atoms with Crippen LogP contribution in [0.15, 0.2) is 10.5 Å². The topological polar surface area (TPSA) is 53.7 Å². The molecule has 4 heteroatoms. The van der Waals surface area contributed by atoms with Gasteiger partial charge in [0.05, 0.1) is 0 Å². The Morgan fingerprint density at radius 1 is 1.59 bits per heavy atom. The molecule has 17 heavy (non-hydrogen) atoms. The third kappa shape index (κ3) is 1.86. The highest BCUT2D eigenvalue weighted by Gasteiger charge is 2.37. The summed E-state index contributed by atoms with van der Waals surface area (Å²) in [5, 5.41) is 8.88. The smallest absolute Gasteiger partial charge is 0.371 e. The molecular weight excluding hydrogens is 218 g/mol. The van der Waals surface area contributed by atoms with Crippen LogP contribution in [0.25, 0.3) is 0 Å². The Morgan fingerprint density at radius 3 is 2.94 bits per heavy atom. The van der Waals surface area contributed by atoms with E-state index in [0.717, 1.165) is 30.3 Å². The number of nitrogens with zero attached hydrogens (tertiary/aromatic N) is 1. The van der Waals surface area contributed by atoms with Gasteiger partial charge in [-0.1, -0.05) is 0 Å². The van der Waals surface area contributed by atoms with Crippen LogP contribution in [-0.4, -0.2) is 28.6 Å². The fourth-order valence-corrected chi connectivity index (χ4v) is 3.22. The number of piperidine rings is 1. The molecule has 4 nitrogen and oxygen atoms in total. The summed E-state index contributed by atoms with van der Waals surface area (Å²) >= 11 is 0. The van der Waals surface area contributed by atoms with Crippen LogP contribution < -0.4 is 0 Å². The molecule has 0 spiro atoms. The first kappa shape index (κ1) is 10.8. The molecule has 3 rings (SSSR count). The van der Waals surface area contributed by atoms with Gasteiger partial charge in [0.15, 0.2) is 0 Å². The molecule has 1 aromatic heterocycles. The molecule has 2 heterocycles. The average Bonchev–Trinajstić information content (AvgIpc) is 2.95. The minimum absolute atomic E-state index is 0.0573. The second kappa shape index (κ2) is 3.88. The number of aromatic carboxylic acids is 1. The van der Waals surface area contributed by atoms with Gasteiger partial charge in [-0.2, -0.15) is 0 Å². The minimum atomic E-state index is -0.984. The van der Waals surface area contributed by atoms with Gasteiger partial charge in [-0.15, -0.1) is 0 Å². The van der Waals surface area contributed by atoms with Gasteiger partial charge in [0.25, 0.3) is 0 Å². The van der Waals surface area contributed by atoms with E-state index in [1.165, 1.54) is 19.3 Å². The van der Waals surface area contributed by atoms with Crippen molar-refractivity contribution in [3.8, 4) is 0 Å². The molecule has 2 atom stereocenters. The van der Waals surface area contributed by atoms with E-state index in [1.54, 1.807) is 6.07 Å². The molecule has 2 unspecified atom stereocenters. The van der Waals surface area contributed by atoms with E-state index in [-0.39, 0.29) is 5.76 Å². The highest BCUT2D eigenvalue weighted by molar-refractivity contribution is 5.84. The first-order valence-corrected chi connectivity index (χ1v) is 6.20. The zero-order valence-corrected chi connectivity index (χ0v) is 9.98. The first-order valence-electron chi connectivity index (χ1n) is 6.20. The number of hydrogen-bond donors (Lipinski definition) is 1. The second-order valence-corrected chi connectivity index (χ2v) is 5.26. The lowest BCUT2D eigenvalue weighted by Crippen LogP contribution is -2.31. The SMILES string of the molecule is Cc1oc(C(=O)O)cc1CN1CC2CCC1C2. The molecule has 1 saturated heterocycles. The molecule has 1 N–H and O–H groups in total. The fourth-order valence-electron chi connectivity index (χ4n) is 3.22. The predicted molar refractivity (Wildman–Crippen MR) is 61.9 cm³/mol. The lowest BCUT2D eigenvalue weighted by Gasteiger charge is -2.26. The Balaban J connectivity index is 1.74. The number of fused-ring (bicyclic) bond motifs is 2. The van der Waals surface area contributed by atoms with E-state index >= 15 is 0 Å². The Kier molecular flexibility index (Phi) is 2.47. The molecule has 2 bridgehead atoms. The maximum atomic E-state index is 10.8. The minimum Gasteiger partial charge on any atom is -0.475 e. The quantitative estimate of drug-likeness (QED) is 0.873. The molecule has 0 radical (unpaired) electrons. The van der Waals surface area contributed by atoms with Crippen molar-refractivity contribution in [2.45, 2.75) is 38.8 Å². The van der Waals surface area contributed by atoms with E-state index in [0.29, 0.717) is 6.04 Å². The molecule has 0 amide bonds. The summed E-state index contributed by atoms with van der Waals surface area (Å²) in [6.45, 7) is 3.84. The lowest BCUT2D eigenvalue weighted by atomic mass is 10.1. The van der Waals surface area contributed by atoms with Crippen molar-refractivity contribution in [2.24, 2.45) is 5.92 Å². The number of likely N-dealkylation sites (tertiary alicyclic amines) is 1. The van der Waals surface area contributed by atoms with Crippen LogP contribution in [0.1, 0.15) is 41.1 Å². The fraction of sp³-hybridized carbons (Fsp3) is 0.615. The number of rotatable bonds is 3. The molecule has 92 valence electrons. The molecule has 1 aliphatic carbocycles. The van der Waals surface area contributed by atoms with Gasteiger partial charge in [-0.3, -0.25) is 4.90 Å². The summed E-state index contributed by atoms with van der Waals surface area (Å²) < 4.78 is 5.24. The zero-order valence-electron chi connectivity index (χ0n) is 9.98. The van der Waals surface area contributed by atoms with Gasteiger partial charge in [0.1, 0.15) is 5.76 Å². The van der Waals surface area contributed by atoms with E-state index in [1.807, 2.05) is 6.92 Å². The van der Waals surface area contributed by atoms with E-state index in [4.69, 9.17) is 9.52 Å². The molecule has 2 fully saturated rings. The Hall–Kier alpha value is -1.29. The van der Waals surface area contributed by atoms with Crippen molar-refractivity contribution in [1.82, 2.24) is 4.90 Å². The number of aryl methyl sites for hydroxylation is 1. The second-order valence-electron chi connectivity index (χ2n) is 5.26. The Morgan fingerprint density at radius 2 is 2.41 bits per heavy atom. The largest absolute Gasteiger partial charge is 0.475 e. The molecular formula is C13H17NO3. The Labute approximate surface area is 100 Å². The standard InChI is InChI=1S/C13H17NO3/c1-8-10(5-12(17-8)13(15)16)7-14-6-9-2-3-11(14)4-9/h5,9,11H,2-4,6-7H2,1H3,(H,15,16). The van der Waals surface area contributed by atoms with Crippen molar-refractivity contribution < 1.29 is 14.3 Å². The van der Waals surface area contributed by atoms with Crippen LogP contribution in [0.4, 0.5) is 0 Å². The van der Waals surface area contributed by atoms with Gasteiger partial charge in [0.2, 0.25) is 5.76 Å². The monoisotopic (exact) mass is 235 g/mol. The summed E-state index contributed by atoms with van der Waals surface area (Å²) in [4.78, 5) is 13.3. The normalized spacial score (nSPS) is 27.8. The van der Waals surface area contributed by atoms with E-state index in [2.05, 4.69) is 4.90 Å². The zero-order chi connectivity index (χ0) is 12.0. The van der Waals surface area contributed by atoms with Gasteiger partial charge >= 0.3 is 5.97 Å². The van der Waals surface area contributed by atoms with Crippen LogP contribution >= 0.6 is 0 Å². The van der Waals surface area contributed by atoms with Crippen molar-refractivity contribution in [3.63, 3.8) is 0 Å². The molecule has 1 aliphatic heterocycles. The summed E-state index contributed by atoms with van der Waals surface area (Å²) in [6, 6.07) is 2.38. The van der Waals surface area contributed by atoms with Crippen LogP contribution in [0.3, 0.4) is 0 Å². The highest BCUT2D eigenvalue weighted by atomic mass is 16.4. The van der Waals surface area contributed by atoms with Crippen LogP contribution in [0, 0.1) is 12.8 Å². The molecule has 0 aromatic carbocycles. The third-order valence-electron chi connectivity index (χ3n) is 4.13. The van der Waals surface area contributed by atoms with Crippen molar-refractivity contribution in [1.29, 1.82) is 0 Å². The molecule has 2 aliphatic rings. The van der Waals surface area contributed by atoms with Gasteiger partial charge in [-0.05, 0) is 38.2 Å². The van der Waals surface area contributed by atoms with Crippen LogP contribution in [-0.2, 0) is 6.54 Å². The first-order chi connectivity index (χ1) is 8.13. The molecule has 1 aromatic rings. The number of carbonyl (C=O) groups is 1. The van der Waals surface area contributed by atoms with Crippen LogP contribution in [0.2, 0.25) is 0 Å². The molecule has 1 saturated carbocycles. The van der Waals surface area contributed by atoms with Gasteiger partial charge in [-0.25, -0.2) is 4.79 Å². The average molecular weight is 235 g/mol. The van der Waals surface area contributed by atoms with Crippen molar-refractivity contribution in [3.05, 3.63) is 23.2 Å². The number of furan rings is 1. The lowest BCUT2D eigenvalue weighted by molar-refractivity contribution is 0.0661. The summed E-state index contributed by atoms with van der Waals surface area (Å²) in [6.07, 6.45) is 3.99. The summed E-state index contributed by atoms with van der Waals surface area (Å²) in [5.41, 5.74) is 1.02. The Bertz CT molecular complexity index is 452. The van der Waals surface area contributed by atoms with Gasteiger partial charge in [0, 0.05) is 24.7 Å². The maximum absolute atomic E-state index is 10.8. The van der Waals surface area contributed by atoms with E-state index in [9.17, 15) is 4.79 Å². The maximum Gasteiger partial charge on any atom is 0.371 e. The number of carboxylic acid groups (broad SMARTS) is 1. The van der Waals surface area contributed by atoms with Crippen LogP contribution in [0.5, 0.6) is 0 Å². The summed E-state index contributed by atoms with van der Waals surface area (Å²) in [5.74, 6) is 0.681. The summed E-state index contributed by atoms with van der Waals surface area (Å²) in [7, 11) is 0. The third-order valence-corrected chi connectivity index (χ3v) is 4.13.